The molecule has 16 nitrogen and oxygen atoms in total. The number of nitrogens with one attached hydrogen (secondary N) is 2. The summed E-state index contributed by atoms with van der Waals surface area (Å²) >= 11 is 0. The number of carboxylic acids is 3. The quantitative estimate of drug-likeness (QED) is 0.0861. The van der Waals surface area contributed by atoms with Crippen molar-refractivity contribution in [1.29, 1.82) is 0 Å². The van der Waals surface area contributed by atoms with Gasteiger partial charge in [-0.1, -0.05) is 0 Å². The van der Waals surface area contributed by atoms with Gasteiger partial charge in [-0.25, -0.2) is 9.78 Å². The van der Waals surface area contributed by atoms with Crippen molar-refractivity contribution in [3.8, 4) is 5.88 Å². The second kappa shape index (κ2) is 14.4. The summed E-state index contributed by atoms with van der Waals surface area (Å²) in [6.07, 6.45) is 1.65. The lowest BCUT2D eigenvalue weighted by Gasteiger charge is -2.17. The van der Waals surface area contributed by atoms with Crippen LogP contribution >= 0.6 is 0 Å². The van der Waals surface area contributed by atoms with E-state index in [-0.39, 0.29) is 31.0 Å². The van der Waals surface area contributed by atoms with Gasteiger partial charge in [0.1, 0.15) is 30.1 Å². The van der Waals surface area contributed by atoms with E-state index in [1.54, 1.807) is 0 Å². The van der Waals surface area contributed by atoms with E-state index in [4.69, 9.17) is 26.8 Å². The Hall–Kier alpha value is -4.05. The van der Waals surface area contributed by atoms with Gasteiger partial charge in [0.05, 0.1) is 25.2 Å². The maximum atomic E-state index is 12.4. The number of nitrogens with zero attached hydrogens (tertiary/aromatic N) is 3. The Labute approximate surface area is 205 Å². The molecule has 0 aliphatic rings. The van der Waals surface area contributed by atoms with E-state index < -0.39 is 66.7 Å². The molecule has 0 aliphatic carbocycles. The molecule has 0 radical (unpaired) electrons. The maximum absolute atomic E-state index is 12.4. The van der Waals surface area contributed by atoms with Crippen LogP contribution in [0, 0.1) is 0 Å². The van der Waals surface area contributed by atoms with Crippen LogP contribution < -0.4 is 22.1 Å². The lowest BCUT2D eigenvalue weighted by Crippen LogP contribution is -2.43. The zero-order chi connectivity index (χ0) is 27.4. The first-order chi connectivity index (χ1) is 16.9. The fraction of sp³-hybridized carbons (Fsp3) is 0.550. The molecule has 0 saturated heterocycles. The molecule has 0 fully saturated rings. The smallest absolute Gasteiger partial charge is 0.326 e. The molecule has 3 atom stereocenters. The van der Waals surface area contributed by atoms with Crippen LogP contribution in [0.2, 0.25) is 0 Å². The molecule has 36 heavy (non-hydrogen) atoms. The maximum Gasteiger partial charge on any atom is 0.326 e. The average molecular weight is 514 g/mol. The second-order valence-electron chi connectivity index (χ2n) is 7.79. The Bertz CT molecular complexity index is 992. The number of unbranched alkanes of at least 4 members (excludes halogenated alkanes) is 1. The first-order valence-electron chi connectivity index (χ1n) is 10.9. The highest BCUT2D eigenvalue weighted by atomic mass is 16.4. The number of amides is 2. The van der Waals surface area contributed by atoms with Gasteiger partial charge in [0.2, 0.25) is 17.7 Å². The number of carboxylic acid groups (broad SMARTS) is 3. The highest BCUT2D eigenvalue weighted by molar-refractivity contribution is 5.87. The average Bonchev–Trinajstić information content (AvgIpc) is 3.10. The van der Waals surface area contributed by atoms with Crippen LogP contribution in [0.5, 0.6) is 5.88 Å². The highest BCUT2D eigenvalue weighted by Gasteiger charge is 2.26. The zero-order valence-electron chi connectivity index (χ0n) is 19.6. The van der Waals surface area contributed by atoms with Crippen LogP contribution in [-0.4, -0.2) is 91.1 Å². The molecule has 1 heterocycles. The lowest BCUT2D eigenvalue weighted by atomic mass is 10.1. The molecule has 2 amide bonds. The van der Waals surface area contributed by atoms with Gasteiger partial charge in [0, 0.05) is 6.54 Å². The molecule has 0 aliphatic heterocycles. The number of rotatable bonds is 16. The van der Waals surface area contributed by atoms with Crippen LogP contribution in [0.25, 0.3) is 0 Å². The standard InChI is InChI=1S/C20H31N7O9/c1-10(24-14(28)7-21)17-26-13(8-23-5-3-2-4-11(22)19(33)34)18(32)27(17)9-15(29)25-12(20(35)36)6-16(30)31/h8,10-12,32H,2-7,9,21-22H2,1H3,(H,24,28)(H,25,29)(H,30,31)(H,33,34)(H,35,36)/t10?,11-,12-/m0/s1. The number of aliphatic carboxylic acids is 3. The van der Waals surface area contributed by atoms with Gasteiger partial charge in [-0.05, 0) is 26.2 Å². The van der Waals surface area contributed by atoms with Crippen molar-refractivity contribution in [2.75, 3.05) is 13.1 Å². The Morgan fingerprint density at radius 2 is 1.75 bits per heavy atom. The molecule has 16 heteroatoms. The SMILES string of the molecule is CC(NC(=O)CN)c1nc(C=NCCCC[C@H](N)C(=O)O)c(O)n1CC(=O)N[C@@H](CC(=O)O)C(=O)O. The number of hydrogen-bond donors (Lipinski definition) is 8. The first kappa shape index (κ1) is 30.0. The summed E-state index contributed by atoms with van der Waals surface area (Å²) in [6, 6.07) is -3.49. The summed E-state index contributed by atoms with van der Waals surface area (Å²) in [7, 11) is 0. The molecule has 1 aromatic rings. The Morgan fingerprint density at radius 1 is 1.08 bits per heavy atom. The molecule has 0 saturated carbocycles. The number of aromatic nitrogens is 2. The number of hydrogen-bond acceptors (Lipinski definition) is 10. The summed E-state index contributed by atoms with van der Waals surface area (Å²) in [4.78, 5) is 65.3. The minimum absolute atomic E-state index is 0.0310. The van der Waals surface area contributed by atoms with Crippen molar-refractivity contribution in [3.63, 3.8) is 0 Å². The zero-order valence-corrected chi connectivity index (χ0v) is 19.6. The van der Waals surface area contributed by atoms with Crippen LogP contribution in [-0.2, 0) is 30.5 Å². The third-order valence-corrected chi connectivity index (χ3v) is 4.84. The second-order valence-corrected chi connectivity index (χ2v) is 7.79. The molecule has 10 N–H and O–H groups in total. The molecular weight excluding hydrogens is 482 g/mol. The number of nitrogens with two attached hydrogens (primary N) is 2. The summed E-state index contributed by atoms with van der Waals surface area (Å²) in [6.45, 7) is 0.818. The van der Waals surface area contributed by atoms with Crippen molar-refractivity contribution >= 4 is 35.9 Å². The van der Waals surface area contributed by atoms with E-state index in [2.05, 4.69) is 20.6 Å². The topological polar surface area (TPSA) is 273 Å². The van der Waals surface area contributed by atoms with Crippen molar-refractivity contribution < 1.29 is 44.4 Å². The fourth-order valence-corrected chi connectivity index (χ4v) is 3.02. The third-order valence-electron chi connectivity index (χ3n) is 4.84. The Balaban J connectivity index is 3.04. The van der Waals surface area contributed by atoms with Crippen molar-refractivity contribution in [1.82, 2.24) is 20.2 Å². The van der Waals surface area contributed by atoms with E-state index in [9.17, 15) is 29.1 Å². The lowest BCUT2D eigenvalue weighted by molar-refractivity contribution is -0.147. The Kier molecular flexibility index (Phi) is 12.0. The van der Waals surface area contributed by atoms with E-state index in [0.717, 1.165) is 4.57 Å². The van der Waals surface area contributed by atoms with E-state index >= 15 is 0 Å². The van der Waals surface area contributed by atoms with Gasteiger partial charge < -0.3 is 42.5 Å². The molecule has 1 rings (SSSR count). The summed E-state index contributed by atoms with van der Waals surface area (Å²) in [5.41, 5.74) is 10.7. The number of aliphatic imine (C=N–C) groups is 1. The minimum Gasteiger partial charge on any atom is -0.493 e. The van der Waals surface area contributed by atoms with Gasteiger partial charge in [0.15, 0.2) is 0 Å². The van der Waals surface area contributed by atoms with Crippen LogP contribution in [0.4, 0.5) is 0 Å². The first-order valence-corrected chi connectivity index (χ1v) is 10.9. The predicted molar refractivity (Wildman–Crippen MR) is 123 cm³/mol. The van der Waals surface area contributed by atoms with E-state index in [1.807, 2.05) is 0 Å². The van der Waals surface area contributed by atoms with E-state index in [1.165, 1.54) is 13.1 Å². The minimum atomic E-state index is -1.70. The van der Waals surface area contributed by atoms with Gasteiger partial charge in [-0.3, -0.25) is 28.7 Å². The largest absolute Gasteiger partial charge is 0.493 e. The van der Waals surface area contributed by atoms with Crippen LogP contribution in [0.3, 0.4) is 0 Å². The molecule has 0 spiro atoms. The third kappa shape index (κ3) is 9.67. The predicted octanol–water partition coefficient (Wildman–Crippen LogP) is -2.23. The van der Waals surface area contributed by atoms with Crippen LogP contribution in [0.15, 0.2) is 4.99 Å². The number of carbonyl (C=O) groups excluding carboxylic acids is 2. The normalized spacial score (nSPS) is 13.6. The number of imidazole rings is 1. The van der Waals surface area contributed by atoms with Gasteiger partial charge >= 0.3 is 17.9 Å². The van der Waals surface area contributed by atoms with Crippen molar-refractivity contribution in [2.24, 2.45) is 16.5 Å². The van der Waals surface area contributed by atoms with Gasteiger partial charge in [-0.2, -0.15) is 0 Å². The highest BCUT2D eigenvalue weighted by Crippen LogP contribution is 2.22. The Morgan fingerprint density at radius 3 is 2.31 bits per heavy atom. The monoisotopic (exact) mass is 513 g/mol. The van der Waals surface area contributed by atoms with Gasteiger partial charge in [-0.15, -0.1) is 0 Å². The molecule has 0 bridgehead atoms. The summed E-state index contributed by atoms with van der Waals surface area (Å²) < 4.78 is 1.02. The number of carbonyl (C=O) groups is 5. The summed E-state index contributed by atoms with van der Waals surface area (Å²) in [5, 5.41) is 41.9. The summed E-state index contributed by atoms with van der Waals surface area (Å²) in [5.74, 6) is -6.02. The van der Waals surface area contributed by atoms with Crippen LogP contribution in [0.1, 0.15) is 50.2 Å². The number of aromatic hydroxyl groups is 1. The van der Waals surface area contributed by atoms with E-state index in [0.29, 0.717) is 12.8 Å². The molecule has 0 aromatic carbocycles. The van der Waals surface area contributed by atoms with Crippen molar-refractivity contribution in [3.05, 3.63) is 11.5 Å². The fourth-order valence-electron chi connectivity index (χ4n) is 3.02. The molecular formula is C20H31N7O9. The molecule has 1 aromatic heterocycles. The molecule has 200 valence electrons. The molecule has 1 unspecified atom stereocenters. The van der Waals surface area contributed by atoms with Gasteiger partial charge in [0.25, 0.3) is 0 Å². The van der Waals surface area contributed by atoms with Crippen molar-refractivity contribution in [2.45, 2.75) is 57.3 Å².